The lowest BCUT2D eigenvalue weighted by atomic mass is 9.62. The molecule has 2 aromatic carbocycles. The molecule has 0 aliphatic carbocycles. The predicted molar refractivity (Wildman–Crippen MR) is 173 cm³/mol. The first kappa shape index (κ1) is 37.1. The lowest BCUT2D eigenvalue weighted by Crippen LogP contribution is -2.49. The van der Waals surface area contributed by atoms with Crippen LogP contribution in [0.15, 0.2) is 36.4 Å². The number of aliphatic carboxylic acids is 1. The van der Waals surface area contributed by atoms with Crippen LogP contribution in [0.25, 0.3) is 0 Å². The zero-order chi connectivity index (χ0) is 34.9. The van der Waals surface area contributed by atoms with E-state index in [-0.39, 0.29) is 22.1 Å². The van der Waals surface area contributed by atoms with Crippen molar-refractivity contribution in [2.45, 2.75) is 69.6 Å². The molecule has 3 N–H and O–H groups in total. The minimum absolute atomic E-state index is 0.0507. The number of piperazine rings is 1. The number of carbonyl (C=O) groups excluding carboxylic acids is 2. The Bertz CT molecular complexity index is 1490. The van der Waals surface area contributed by atoms with Crippen LogP contribution in [0.2, 0.25) is 10.0 Å². The number of amides is 1. The number of likely N-dealkylation sites (N-methyl/N-ethyl adjacent to an activating group) is 1. The summed E-state index contributed by atoms with van der Waals surface area (Å²) in [5.41, 5.74) is 0.436. The number of ketones is 1. The van der Waals surface area contributed by atoms with Gasteiger partial charge in [-0.25, -0.2) is 9.18 Å². The summed E-state index contributed by atoms with van der Waals surface area (Å²) in [6, 6.07) is 9.19. The van der Waals surface area contributed by atoms with Gasteiger partial charge in [-0.15, -0.1) is 0 Å². The van der Waals surface area contributed by atoms with E-state index in [0.29, 0.717) is 29.1 Å². The monoisotopic (exact) mass is 702 g/mol. The smallest absolute Gasteiger partial charge is 0.475 e. The zero-order valence-electron chi connectivity index (χ0n) is 26.7. The van der Waals surface area contributed by atoms with Crippen molar-refractivity contribution in [1.29, 1.82) is 0 Å². The molecule has 5 rings (SSSR count). The van der Waals surface area contributed by atoms with Crippen molar-refractivity contribution in [3.8, 4) is 0 Å². The van der Waals surface area contributed by atoms with Crippen molar-refractivity contribution >= 4 is 46.5 Å². The van der Waals surface area contributed by atoms with E-state index in [0.717, 1.165) is 44.7 Å². The predicted octanol–water partition coefficient (Wildman–Crippen LogP) is 6.11. The average Bonchev–Trinajstić information content (AvgIpc) is 3.43. The number of alkyl halides is 3. The molecule has 0 radical (unpaired) electrons. The third-order valence-corrected chi connectivity index (χ3v) is 9.52. The summed E-state index contributed by atoms with van der Waals surface area (Å²) < 4.78 is 46.8. The van der Waals surface area contributed by atoms with E-state index < -0.39 is 41.4 Å². The van der Waals surface area contributed by atoms with Gasteiger partial charge in [0.1, 0.15) is 17.0 Å². The molecule has 8 nitrogen and oxygen atoms in total. The number of fused-ring (bicyclic) bond motifs is 2. The van der Waals surface area contributed by atoms with Crippen LogP contribution >= 0.6 is 23.2 Å². The van der Waals surface area contributed by atoms with Gasteiger partial charge in [0.05, 0.1) is 11.1 Å². The van der Waals surface area contributed by atoms with Crippen molar-refractivity contribution in [1.82, 2.24) is 15.1 Å². The van der Waals surface area contributed by atoms with Crippen molar-refractivity contribution in [2.24, 2.45) is 5.41 Å². The number of nitrogens with one attached hydrogen (secondary N) is 2. The van der Waals surface area contributed by atoms with Crippen LogP contribution in [0.5, 0.6) is 0 Å². The zero-order valence-corrected chi connectivity index (χ0v) is 28.2. The molecule has 3 aliphatic heterocycles. The van der Waals surface area contributed by atoms with Gasteiger partial charge in [-0.3, -0.25) is 9.59 Å². The maximum absolute atomic E-state index is 15.0. The molecule has 14 heteroatoms. The minimum Gasteiger partial charge on any atom is -0.475 e. The molecule has 2 saturated heterocycles. The number of carboxylic acids is 1. The molecule has 1 spiro atoms. The van der Waals surface area contributed by atoms with Crippen molar-refractivity contribution < 1.29 is 37.1 Å². The van der Waals surface area contributed by atoms with E-state index in [2.05, 4.69) is 48.3 Å². The molecule has 2 fully saturated rings. The van der Waals surface area contributed by atoms with Crippen LogP contribution in [-0.4, -0.2) is 90.6 Å². The van der Waals surface area contributed by atoms with Gasteiger partial charge in [0.2, 0.25) is 5.91 Å². The quantitative estimate of drug-likeness (QED) is 0.299. The van der Waals surface area contributed by atoms with Gasteiger partial charge in [0, 0.05) is 55.3 Å². The standard InChI is InChI=1S/C31H39Cl2FN4O2.C2HF3O2/c1-30(2,3)18-26-31(21-16-23(34)22(33)17-24(21)35-29(31)40)27(19-7-5-8-20(32)15-19)28(36-26)25(39)9-6-10-38-13-11-37(4)12-14-38;3-2(4,5)1(6)7/h5,7-8,15-17,26-28,36H,6,9-14,18H2,1-4H3,(H,35,40);(H,6,7)/t26-,27+,28+,31+;/m1./s1. The van der Waals surface area contributed by atoms with Crippen LogP contribution in [-0.2, 0) is 19.8 Å². The van der Waals surface area contributed by atoms with E-state index in [9.17, 15) is 22.8 Å². The molecule has 0 bridgehead atoms. The highest BCUT2D eigenvalue weighted by atomic mass is 35.5. The van der Waals surface area contributed by atoms with Crippen LogP contribution < -0.4 is 10.6 Å². The second-order valence-corrected chi connectivity index (χ2v) is 14.5. The maximum Gasteiger partial charge on any atom is 0.490 e. The third kappa shape index (κ3) is 8.28. The van der Waals surface area contributed by atoms with Crippen LogP contribution in [0.1, 0.15) is 57.1 Å². The normalized spacial score (nSPS) is 24.9. The van der Waals surface area contributed by atoms with Gasteiger partial charge in [-0.2, -0.15) is 13.2 Å². The fourth-order valence-electron chi connectivity index (χ4n) is 6.89. The summed E-state index contributed by atoms with van der Waals surface area (Å²) in [5, 5.41) is 14.2. The molecule has 1 amide bonds. The summed E-state index contributed by atoms with van der Waals surface area (Å²) >= 11 is 12.6. The number of rotatable bonds is 7. The number of benzene rings is 2. The molecule has 0 saturated carbocycles. The first-order valence-electron chi connectivity index (χ1n) is 15.4. The molecular formula is C33H40Cl2F4N4O4. The van der Waals surface area contributed by atoms with Gasteiger partial charge >= 0.3 is 12.1 Å². The Hall–Kier alpha value is -2.77. The summed E-state index contributed by atoms with van der Waals surface area (Å²) in [7, 11) is 2.13. The first-order valence-corrected chi connectivity index (χ1v) is 16.2. The number of carboxylic acid groups (broad SMARTS) is 1. The molecule has 0 unspecified atom stereocenters. The molecule has 0 aromatic heterocycles. The lowest BCUT2D eigenvalue weighted by Gasteiger charge is -2.37. The van der Waals surface area contributed by atoms with Gasteiger partial charge in [0.25, 0.3) is 0 Å². The fraction of sp³-hybridized carbons (Fsp3) is 0.545. The number of carbonyl (C=O) groups is 3. The molecule has 2 aromatic rings. The third-order valence-electron chi connectivity index (χ3n) is 8.99. The second-order valence-electron chi connectivity index (χ2n) is 13.6. The Morgan fingerprint density at radius 1 is 1.06 bits per heavy atom. The molecule has 3 heterocycles. The minimum atomic E-state index is -5.08. The summed E-state index contributed by atoms with van der Waals surface area (Å²) in [6.45, 7) is 11.2. The second kappa shape index (κ2) is 14.4. The highest BCUT2D eigenvalue weighted by Crippen LogP contribution is 2.57. The number of anilines is 1. The van der Waals surface area contributed by atoms with Crippen LogP contribution in [0, 0.1) is 11.2 Å². The van der Waals surface area contributed by atoms with Crippen LogP contribution in [0.3, 0.4) is 0 Å². The van der Waals surface area contributed by atoms with Crippen molar-refractivity contribution in [3.63, 3.8) is 0 Å². The summed E-state index contributed by atoms with van der Waals surface area (Å²) in [6.07, 6.45) is -3.35. The van der Waals surface area contributed by atoms with E-state index in [1.807, 2.05) is 18.2 Å². The Kier molecular flexibility index (Phi) is 11.3. The van der Waals surface area contributed by atoms with Crippen molar-refractivity contribution in [2.75, 3.05) is 45.1 Å². The number of Topliss-reactive ketones (excluding diaryl/α,β-unsaturated/α-hetero) is 1. The van der Waals surface area contributed by atoms with E-state index in [1.54, 1.807) is 6.07 Å². The average molecular weight is 704 g/mol. The Morgan fingerprint density at radius 3 is 2.28 bits per heavy atom. The summed E-state index contributed by atoms with van der Waals surface area (Å²) in [4.78, 5) is 41.8. The molecular weight excluding hydrogens is 663 g/mol. The fourth-order valence-corrected chi connectivity index (χ4v) is 7.25. The van der Waals surface area contributed by atoms with Gasteiger partial charge in [0.15, 0.2) is 0 Å². The largest absolute Gasteiger partial charge is 0.490 e. The number of hydrogen-bond donors (Lipinski definition) is 3. The van der Waals surface area contributed by atoms with E-state index in [1.165, 1.54) is 12.1 Å². The highest BCUT2D eigenvalue weighted by molar-refractivity contribution is 6.31. The number of hydrogen-bond acceptors (Lipinski definition) is 6. The van der Waals surface area contributed by atoms with Crippen LogP contribution in [0.4, 0.5) is 23.2 Å². The number of nitrogens with zero attached hydrogens (tertiary/aromatic N) is 2. The summed E-state index contributed by atoms with van der Waals surface area (Å²) in [5.74, 6) is -4.10. The lowest BCUT2D eigenvalue weighted by molar-refractivity contribution is -0.192. The van der Waals surface area contributed by atoms with Gasteiger partial charge < -0.3 is 25.5 Å². The molecule has 4 atom stereocenters. The maximum atomic E-state index is 15.0. The molecule has 47 heavy (non-hydrogen) atoms. The van der Waals surface area contributed by atoms with Gasteiger partial charge in [-0.1, -0.05) is 56.1 Å². The Morgan fingerprint density at radius 2 is 1.70 bits per heavy atom. The van der Waals surface area contributed by atoms with E-state index >= 15 is 4.39 Å². The number of halogens is 6. The van der Waals surface area contributed by atoms with E-state index in [4.69, 9.17) is 33.1 Å². The Balaban J connectivity index is 0.000000644. The molecule has 3 aliphatic rings. The Labute approximate surface area is 281 Å². The topological polar surface area (TPSA) is 102 Å². The van der Waals surface area contributed by atoms with Gasteiger partial charge in [-0.05, 0) is 67.2 Å². The first-order chi connectivity index (χ1) is 21.8. The van der Waals surface area contributed by atoms with Crippen molar-refractivity contribution in [3.05, 3.63) is 63.4 Å². The SMILES string of the molecule is CN1CCN(CCCC(=O)[C@@H]2N[C@H](CC(C)(C)C)[C@]3(C(=O)Nc4cc(Cl)c(F)cc43)[C@H]2c2cccc(Cl)c2)CC1.O=C(O)C(F)(F)F. The highest BCUT2D eigenvalue weighted by Gasteiger charge is 2.65. The molecule has 258 valence electrons.